The number of carbonyl (C=O) groups excluding carboxylic acids is 1. The molecule has 0 aromatic heterocycles. The maximum atomic E-state index is 11.2. The average molecular weight is 224 g/mol. The van der Waals surface area contributed by atoms with Crippen molar-refractivity contribution in [1.82, 2.24) is 5.48 Å². The highest BCUT2D eigenvalue weighted by Crippen LogP contribution is 2.03. The van der Waals surface area contributed by atoms with Gasteiger partial charge in [0.1, 0.15) is 0 Å². The van der Waals surface area contributed by atoms with Crippen LogP contribution in [0.2, 0.25) is 0 Å². The summed E-state index contributed by atoms with van der Waals surface area (Å²) in [5, 5.41) is 2.96. The first kappa shape index (κ1) is 12.5. The minimum Gasteiger partial charge on any atom is -0.382 e. The Balaban J connectivity index is 2.11. The molecule has 0 aliphatic carbocycles. The van der Waals surface area contributed by atoms with Gasteiger partial charge in [-0.3, -0.25) is 9.63 Å². The highest BCUT2D eigenvalue weighted by molar-refractivity contribution is 5.79. The maximum Gasteiger partial charge on any atom is 0.262 e. The van der Waals surface area contributed by atoms with Crippen molar-refractivity contribution in [3.8, 4) is 0 Å². The van der Waals surface area contributed by atoms with Crippen molar-refractivity contribution in [1.29, 1.82) is 0 Å². The number of benzene rings is 1. The van der Waals surface area contributed by atoms with Gasteiger partial charge in [0, 0.05) is 12.8 Å². The number of carbonyl (C=O) groups is 1. The van der Waals surface area contributed by atoms with Gasteiger partial charge in [-0.25, -0.2) is 5.48 Å². The van der Waals surface area contributed by atoms with E-state index in [1.54, 1.807) is 7.11 Å². The van der Waals surface area contributed by atoms with Gasteiger partial charge in [-0.05, 0) is 12.1 Å². The second kappa shape index (κ2) is 7.67. The summed E-state index contributed by atoms with van der Waals surface area (Å²) in [5.74, 6) is -0.222. The van der Waals surface area contributed by atoms with E-state index >= 15 is 0 Å². The zero-order chi connectivity index (χ0) is 11.6. The van der Waals surface area contributed by atoms with E-state index in [0.717, 1.165) is 5.69 Å². The van der Waals surface area contributed by atoms with Gasteiger partial charge in [-0.1, -0.05) is 18.2 Å². The highest BCUT2D eigenvalue weighted by atomic mass is 16.7. The number of hydrogen-bond acceptors (Lipinski definition) is 4. The van der Waals surface area contributed by atoms with E-state index < -0.39 is 0 Å². The van der Waals surface area contributed by atoms with Gasteiger partial charge < -0.3 is 10.1 Å². The molecule has 0 heterocycles. The van der Waals surface area contributed by atoms with Crippen molar-refractivity contribution in [3.63, 3.8) is 0 Å². The SMILES string of the molecule is COCCONC(=O)CNc1ccccc1. The fourth-order valence-electron chi connectivity index (χ4n) is 1.03. The van der Waals surface area contributed by atoms with Gasteiger partial charge in [0.15, 0.2) is 0 Å². The summed E-state index contributed by atoms with van der Waals surface area (Å²) in [5.41, 5.74) is 3.20. The summed E-state index contributed by atoms with van der Waals surface area (Å²) in [6.07, 6.45) is 0. The van der Waals surface area contributed by atoms with Gasteiger partial charge in [-0.15, -0.1) is 0 Å². The molecule has 1 rings (SSSR count). The van der Waals surface area contributed by atoms with Gasteiger partial charge >= 0.3 is 0 Å². The molecule has 88 valence electrons. The van der Waals surface area contributed by atoms with E-state index in [4.69, 9.17) is 9.57 Å². The van der Waals surface area contributed by atoms with E-state index in [9.17, 15) is 4.79 Å². The second-order valence-corrected chi connectivity index (χ2v) is 3.09. The molecule has 0 saturated heterocycles. The third-order valence-electron chi connectivity index (χ3n) is 1.80. The van der Waals surface area contributed by atoms with Crippen LogP contribution in [0.1, 0.15) is 0 Å². The number of para-hydroxylation sites is 1. The number of methoxy groups -OCH3 is 1. The first-order chi connectivity index (χ1) is 7.83. The number of hydrogen-bond donors (Lipinski definition) is 2. The molecule has 0 bridgehead atoms. The van der Waals surface area contributed by atoms with Crippen LogP contribution < -0.4 is 10.8 Å². The van der Waals surface area contributed by atoms with Crippen molar-refractivity contribution in [2.24, 2.45) is 0 Å². The lowest BCUT2D eigenvalue weighted by molar-refractivity contribution is -0.132. The summed E-state index contributed by atoms with van der Waals surface area (Å²) in [6, 6.07) is 9.49. The molecule has 0 spiro atoms. The topological polar surface area (TPSA) is 59.6 Å². The molecule has 1 amide bonds. The average Bonchev–Trinajstić information content (AvgIpc) is 2.33. The van der Waals surface area contributed by atoms with Crippen LogP contribution in [0.5, 0.6) is 0 Å². The van der Waals surface area contributed by atoms with Crippen molar-refractivity contribution in [2.45, 2.75) is 0 Å². The molecule has 0 aliphatic heterocycles. The molecular formula is C11H16N2O3. The lowest BCUT2D eigenvalue weighted by atomic mass is 10.3. The van der Waals surface area contributed by atoms with Gasteiger partial charge in [0.2, 0.25) is 0 Å². The number of amides is 1. The smallest absolute Gasteiger partial charge is 0.262 e. The predicted octanol–water partition coefficient (Wildman–Crippen LogP) is 0.793. The van der Waals surface area contributed by atoms with Crippen LogP contribution in [0, 0.1) is 0 Å². The number of hydroxylamine groups is 1. The van der Waals surface area contributed by atoms with Crippen molar-refractivity contribution < 1.29 is 14.4 Å². The Morgan fingerprint density at radius 1 is 1.25 bits per heavy atom. The molecule has 0 fully saturated rings. The third-order valence-corrected chi connectivity index (χ3v) is 1.80. The molecule has 16 heavy (non-hydrogen) atoms. The van der Waals surface area contributed by atoms with Gasteiger partial charge in [0.05, 0.1) is 19.8 Å². The molecule has 1 aromatic carbocycles. The van der Waals surface area contributed by atoms with Crippen LogP contribution in [-0.4, -0.2) is 32.8 Å². The Labute approximate surface area is 94.7 Å². The molecule has 2 N–H and O–H groups in total. The number of anilines is 1. The third kappa shape index (κ3) is 5.33. The number of nitrogens with one attached hydrogen (secondary N) is 2. The summed E-state index contributed by atoms with van der Waals surface area (Å²) < 4.78 is 4.76. The van der Waals surface area contributed by atoms with Crippen molar-refractivity contribution in [3.05, 3.63) is 30.3 Å². The lowest BCUT2D eigenvalue weighted by Crippen LogP contribution is -2.31. The summed E-state index contributed by atoms with van der Waals surface area (Å²) >= 11 is 0. The van der Waals surface area contributed by atoms with E-state index in [2.05, 4.69) is 10.8 Å². The Morgan fingerprint density at radius 2 is 2.00 bits per heavy atom. The van der Waals surface area contributed by atoms with Crippen LogP contribution in [0.4, 0.5) is 5.69 Å². The van der Waals surface area contributed by atoms with E-state index in [-0.39, 0.29) is 12.5 Å². The minimum atomic E-state index is -0.222. The minimum absolute atomic E-state index is 0.178. The van der Waals surface area contributed by atoms with Crippen LogP contribution in [0.3, 0.4) is 0 Å². The zero-order valence-corrected chi connectivity index (χ0v) is 9.23. The molecule has 0 unspecified atom stereocenters. The Kier molecular flexibility index (Phi) is 5.98. The van der Waals surface area contributed by atoms with Crippen LogP contribution in [0.15, 0.2) is 30.3 Å². The predicted molar refractivity (Wildman–Crippen MR) is 60.9 cm³/mol. The van der Waals surface area contributed by atoms with E-state index in [0.29, 0.717) is 13.2 Å². The summed E-state index contributed by atoms with van der Waals surface area (Å²) in [7, 11) is 1.57. The van der Waals surface area contributed by atoms with E-state index in [1.807, 2.05) is 30.3 Å². The summed E-state index contributed by atoms with van der Waals surface area (Å²) in [4.78, 5) is 16.1. The van der Waals surface area contributed by atoms with E-state index in [1.165, 1.54) is 0 Å². The largest absolute Gasteiger partial charge is 0.382 e. The molecule has 5 nitrogen and oxygen atoms in total. The van der Waals surface area contributed by atoms with Crippen LogP contribution in [0.25, 0.3) is 0 Å². The second-order valence-electron chi connectivity index (χ2n) is 3.09. The highest BCUT2D eigenvalue weighted by Gasteiger charge is 1.99. The Morgan fingerprint density at radius 3 is 2.69 bits per heavy atom. The number of ether oxygens (including phenoxy) is 1. The number of rotatable bonds is 7. The monoisotopic (exact) mass is 224 g/mol. The molecule has 0 atom stereocenters. The normalized spacial score (nSPS) is 9.81. The molecule has 0 saturated carbocycles. The van der Waals surface area contributed by atoms with Crippen molar-refractivity contribution in [2.75, 3.05) is 32.2 Å². The quantitative estimate of drug-likeness (QED) is 0.531. The van der Waals surface area contributed by atoms with Gasteiger partial charge in [0.25, 0.3) is 5.91 Å². The first-order valence-corrected chi connectivity index (χ1v) is 5.01. The van der Waals surface area contributed by atoms with Crippen molar-refractivity contribution >= 4 is 11.6 Å². The first-order valence-electron chi connectivity index (χ1n) is 5.01. The Bertz CT molecular complexity index is 303. The van der Waals surface area contributed by atoms with Crippen LogP contribution >= 0.6 is 0 Å². The standard InChI is InChI=1S/C11H16N2O3/c1-15-7-8-16-13-11(14)9-12-10-5-3-2-4-6-10/h2-6,12H,7-9H2,1H3,(H,13,14). The zero-order valence-electron chi connectivity index (χ0n) is 9.23. The molecule has 0 radical (unpaired) electrons. The van der Waals surface area contributed by atoms with Gasteiger partial charge in [-0.2, -0.15) is 0 Å². The Hall–Kier alpha value is -1.59. The summed E-state index contributed by atoms with van der Waals surface area (Å²) in [6.45, 7) is 0.969. The molecule has 5 heteroatoms. The lowest BCUT2D eigenvalue weighted by Gasteiger charge is -2.07. The maximum absolute atomic E-state index is 11.2. The fraction of sp³-hybridized carbons (Fsp3) is 0.364. The molecule has 1 aromatic rings. The molecular weight excluding hydrogens is 208 g/mol. The van der Waals surface area contributed by atoms with Crippen LogP contribution in [-0.2, 0) is 14.4 Å². The fourth-order valence-corrected chi connectivity index (χ4v) is 1.03. The molecule has 0 aliphatic rings.